The molecule has 0 bridgehead atoms. The van der Waals surface area contributed by atoms with Crippen molar-refractivity contribution in [1.29, 1.82) is 0 Å². The summed E-state index contributed by atoms with van der Waals surface area (Å²) in [5.74, 6) is 1.83. The predicted octanol–water partition coefficient (Wildman–Crippen LogP) is 7.31. The molecule has 0 spiro atoms. The van der Waals surface area contributed by atoms with E-state index in [1.54, 1.807) is 7.11 Å². The van der Waals surface area contributed by atoms with Crippen LogP contribution in [0.25, 0.3) is 44.8 Å². The van der Waals surface area contributed by atoms with Crippen LogP contribution in [0.3, 0.4) is 0 Å². The molecule has 0 atom stereocenters. The third-order valence-electron chi connectivity index (χ3n) is 6.59. The Kier molecular flexibility index (Phi) is 4.14. The molecule has 1 aliphatic carbocycles. The van der Waals surface area contributed by atoms with Crippen molar-refractivity contribution in [2.24, 2.45) is 0 Å². The third-order valence-corrected chi connectivity index (χ3v) is 6.59. The molecule has 2 aliphatic rings. The lowest BCUT2D eigenvalue weighted by Gasteiger charge is -2.24. The topological polar surface area (TPSA) is 18.5 Å². The minimum Gasteiger partial charge on any atom is -0.497 e. The van der Waals surface area contributed by atoms with Crippen molar-refractivity contribution >= 4 is 33.7 Å². The van der Waals surface area contributed by atoms with Crippen molar-refractivity contribution in [3.05, 3.63) is 88.7 Å². The molecule has 0 saturated carbocycles. The minimum absolute atomic E-state index is 0.475. The molecule has 0 saturated heterocycles. The van der Waals surface area contributed by atoms with E-state index >= 15 is 0 Å². The molecule has 0 aromatic heterocycles. The van der Waals surface area contributed by atoms with Gasteiger partial charge < -0.3 is 9.47 Å². The van der Waals surface area contributed by atoms with Crippen LogP contribution in [-0.4, -0.2) is 13.7 Å². The minimum atomic E-state index is 0.475. The van der Waals surface area contributed by atoms with E-state index in [1.807, 2.05) is 0 Å². The summed E-state index contributed by atoms with van der Waals surface area (Å²) in [6.45, 7) is 2.60. The Bertz CT molecular complexity index is 1410. The predicted molar refractivity (Wildman–Crippen MR) is 129 cm³/mol. The fraction of sp³-hybridized carbons (Fsp3) is 0.172. The molecule has 0 fully saturated rings. The fourth-order valence-electron chi connectivity index (χ4n) is 4.97. The number of benzene rings is 4. The molecule has 0 N–H and O–H groups in total. The highest BCUT2D eigenvalue weighted by Gasteiger charge is 2.22. The van der Waals surface area contributed by atoms with E-state index in [2.05, 4.69) is 79.7 Å². The van der Waals surface area contributed by atoms with Crippen molar-refractivity contribution in [2.75, 3.05) is 13.7 Å². The summed E-state index contributed by atoms with van der Waals surface area (Å²) in [7, 11) is 1.71. The summed E-state index contributed by atoms with van der Waals surface area (Å²) in [6, 6.07) is 20.1. The van der Waals surface area contributed by atoms with Crippen molar-refractivity contribution in [3.8, 4) is 16.9 Å². The van der Waals surface area contributed by atoms with E-state index in [4.69, 9.17) is 9.47 Å². The van der Waals surface area contributed by atoms with Crippen molar-refractivity contribution in [2.45, 2.75) is 19.8 Å². The standard InChI is InChI=1S/C29H24O2/c1-18-7-9-19(10-8-18)21-12-13-24-26(15-21)28-23-6-4-3-5-20(23)11-14-25(28)29-27(24)16-22(30-2)17-31-29/h3,5,7-16H,4,6,17H2,1-2H3. The Morgan fingerprint density at radius 1 is 0.871 bits per heavy atom. The molecule has 1 aliphatic heterocycles. The molecule has 1 heterocycles. The Morgan fingerprint density at radius 3 is 2.52 bits per heavy atom. The second kappa shape index (κ2) is 7.02. The zero-order chi connectivity index (χ0) is 20.9. The number of fused-ring (bicyclic) bond motifs is 8. The van der Waals surface area contributed by atoms with Crippen LogP contribution in [0.4, 0.5) is 0 Å². The summed E-state index contributed by atoms with van der Waals surface area (Å²) in [5.41, 5.74) is 7.63. The second-order valence-corrected chi connectivity index (χ2v) is 8.47. The van der Waals surface area contributed by atoms with Crippen LogP contribution < -0.4 is 4.74 Å². The van der Waals surface area contributed by atoms with Gasteiger partial charge in [0.15, 0.2) is 0 Å². The number of rotatable bonds is 2. The molecule has 2 heteroatoms. The number of methoxy groups -OCH3 is 1. The number of hydrogen-bond acceptors (Lipinski definition) is 2. The van der Waals surface area contributed by atoms with Crippen LogP contribution >= 0.6 is 0 Å². The molecular formula is C29H24O2. The summed E-state index contributed by atoms with van der Waals surface area (Å²) >= 11 is 0. The lowest BCUT2D eigenvalue weighted by molar-refractivity contribution is 0.219. The highest BCUT2D eigenvalue weighted by molar-refractivity contribution is 6.17. The summed E-state index contributed by atoms with van der Waals surface area (Å²) in [5, 5.41) is 5.04. The lowest BCUT2D eigenvalue weighted by atomic mass is 9.85. The zero-order valence-corrected chi connectivity index (χ0v) is 17.9. The number of ether oxygens (including phenoxy) is 2. The van der Waals surface area contributed by atoms with Crippen LogP contribution in [-0.2, 0) is 11.2 Å². The smallest absolute Gasteiger partial charge is 0.145 e. The normalized spacial score (nSPS) is 14.7. The van der Waals surface area contributed by atoms with Gasteiger partial charge in [-0.3, -0.25) is 0 Å². The summed E-state index contributed by atoms with van der Waals surface area (Å²) in [6.07, 6.45) is 8.82. The Balaban J connectivity index is 1.74. The molecule has 0 radical (unpaired) electrons. The van der Waals surface area contributed by atoms with Crippen molar-refractivity contribution in [3.63, 3.8) is 0 Å². The third kappa shape index (κ3) is 2.86. The average Bonchev–Trinajstić information content (AvgIpc) is 2.83. The van der Waals surface area contributed by atoms with Crippen LogP contribution in [0.1, 0.15) is 28.7 Å². The van der Waals surface area contributed by atoms with Gasteiger partial charge in [0.2, 0.25) is 0 Å². The molecule has 4 aromatic rings. The SMILES string of the molecule is COC1=Cc2c(c3ccc4c(c3c3cc(-c5ccc(C)cc5)ccc23)CCC=C4)OC1. The summed E-state index contributed by atoms with van der Waals surface area (Å²) < 4.78 is 11.8. The molecule has 0 amide bonds. The number of aryl methyl sites for hydroxylation is 2. The number of allylic oxidation sites excluding steroid dienone is 1. The Morgan fingerprint density at radius 2 is 1.68 bits per heavy atom. The Hall–Kier alpha value is -3.52. The van der Waals surface area contributed by atoms with Crippen LogP contribution in [0.2, 0.25) is 0 Å². The van der Waals surface area contributed by atoms with E-state index < -0.39 is 0 Å². The first-order valence-electron chi connectivity index (χ1n) is 10.9. The fourth-order valence-corrected chi connectivity index (χ4v) is 4.97. The molecule has 2 nitrogen and oxygen atoms in total. The first kappa shape index (κ1) is 18.3. The quantitative estimate of drug-likeness (QED) is 0.326. The molecule has 31 heavy (non-hydrogen) atoms. The molecular weight excluding hydrogens is 380 g/mol. The van der Waals surface area contributed by atoms with Crippen molar-refractivity contribution in [1.82, 2.24) is 0 Å². The van der Waals surface area contributed by atoms with Gasteiger partial charge in [-0.2, -0.15) is 0 Å². The van der Waals surface area contributed by atoms with Crippen LogP contribution in [0.5, 0.6) is 5.75 Å². The second-order valence-electron chi connectivity index (χ2n) is 8.47. The first-order valence-corrected chi connectivity index (χ1v) is 10.9. The van der Waals surface area contributed by atoms with E-state index in [1.165, 1.54) is 49.4 Å². The molecule has 152 valence electrons. The summed E-state index contributed by atoms with van der Waals surface area (Å²) in [4.78, 5) is 0. The van der Waals surface area contributed by atoms with Gasteiger partial charge in [-0.25, -0.2) is 0 Å². The van der Waals surface area contributed by atoms with E-state index in [0.717, 1.165) is 29.9 Å². The molecule has 0 unspecified atom stereocenters. The maximum absolute atomic E-state index is 6.26. The first-order chi connectivity index (χ1) is 15.2. The van der Waals surface area contributed by atoms with Crippen LogP contribution in [0.15, 0.2) is 66.4 Å². The lowest BCUT2D eigenvalue weighted by Crippen LogP contribution is -2.10. The van der Waals surface area contributed by atoms with Crippen LogP contribution in [0, 0.1) is 6.92 Å². The maximum Gasteiger partial charge on any atom is 0.145 e. The highest BCUT2D eigenvalue weighted by Crippen LogP contribution is 2.45. The van der Waals surface area contributed by atoms with E-state index in [0.29, 0.717) is 6.61 Å². The zero-order valence-electron chi connectivity index (χ0n) is 17.9. The van der Waals surface area contributed by atoms with Gasteiger partial charge in [-0.15, -0.1) is 0 Å². The van der Waals surface area contributed by atoms with Gasteiger partial charge in [0.1, 0.15) is 18.1 Å². The Labute approximate surface area is 182 Å². The van der Waals surface area contributed by atoms with Gasteiger partial charge in [0.05, 0.1) is 7.11 Å². The van der Waals surface area contributed by atoms with Gasteiger partial charge in [-0.05, 0) is 76.4 Å². The van der Waals surface area contributed by atoms with Gasteiger partial charge in [0.25, 0.3) is 0 Å². The highest BCUT2D eigenvalue weighted by atomic mass is 16.5. The largest absolute Gasteiger partial charge is 0.497 e. The average molecular weight is 405 g/mol. The monoisotopic (exact) mass is 404 g/mol. The van der Waals surface area contributed by atoms with Gasteiger partial charge >= 0.3 is 0 Å². The van der Waals surface area contributed by atoms with Crippen molar-refractivity contribution < 1.29 is 9.47 Å². The molecule has 4 aromatic carbocycles. The maximum atomic E-state index is 6.26. The van der Waals surface area contributed by atoms with E-state index in [9.17, 15) is 0 Å². The van der Waals surface area contributed by atoms with E-state index in [-0.39, 0.29) is 0 Å². The van der Waals surface area contributed by atoms with Gasteiger partial charge in [0, 0.05) is 10.9 Å². The number of hydrogen-bond donors (Lipinski definition) is 0. The molecule has 6 rings (SSSR count). The van der Waals surface area contributed by atoms with Gasteiger partial charge in [-0.1, -0.05) is 60.2 Å².